The van der Waals surface area contributed by atoms with E-state index >= 15 is 0 Å². The zero-order chi connectivity index (χ0) is 14.7. The Morgan fingerprint density at radius 3 is 2.76 bits per heavy atom. The first-order valence-electron chi connectivity index (χ1n) is 7.01. The molecule has 0 aliphatic rings. The van der Waals surface area contributed by atoms with Crippen molar-refractivity contribution in [2.75, 3.05) is 7.05 Å². The maximum Gasteiger partial charge on any atom is 0.0954 e. The second kappa shape index (κ2) is 6.69. The molecule has 0 saturated heterocycles. The molecule has 1 aromatic heterocycles. The van der Waals surface area contributed by atoms with Gasteiger partial charge in [0, 0.05) is 16.9 Å². The summed E-state index contributed by atoms with van der Waals surface area (Å²) in [7, 11) is 2.02. The normalized spacial score (nSPS) is 12.7. The molecule has 108 valence electrons. The SMILES string of the molecule is CNC(Cc1cccc(Br)c1)Cc1nc2ccccc2s1. The van der Waals surface area contributed by atoms with Crippen molar-refractivity contribution in [3.8, 4) is 0 Å². The molecule has 1 heterocycles. The van der Waals surface area contributed by atoms with Crippen LogP contribution in [0.4, 0.5) is 0 Å². The van der Waals surface area contributed by atoms with Crippen LogP contribution < -0.4 is 5.32 Å². The van der Waals surface area contributed by atoms with E-state index in [0.717, 1.165) is 22.8 Å². The Morgan fingerprint density at radius 2 is 2.00 bits per heavy atom. The Kier molecular flexibility index (Phi) is 4.68. The summed E-state index contributed by atoms with van der Waals surface area (Å²) in [6, 6.07) is 17.2. The molecule has 2 nitrogen and oxygen atoms in total. The first-order chi connectivity index (χ1) is 10.2. The second-order valence-electron chi connectivity index (χ2n) is 5.10. The molecule has 21 heavy (non-hydrogen) atoms. The van der Waals surface area contributed by atoms with Gasteiger partial charge in [-0.25, -0.2) is 4.98 Å². The van der Waals surface area contributed by atoms with Crippen LogP contribution >= 0.6 is 27.3 Å². The Labute approximate surface area is 137 Å². The lowest BCUT2D eigenvalue weighted by atomic mass is 10.0. The highest BCUT2D eigenvalue weighted by Crippen LogP contribution is 2.23. The molecule has 0 saturated carbocycles. The number of rotatable bonds is 5. The highest BCUT2D eigenvalue weighted by Gasteiger charge is 2.12. The van der Waals surface area contributed by atoms with Gasteiger partial charge in [-0.3, -0.25) is 0 Å². The molecule has 1 N–H and O–H groups in total. The van der Waals surface area contributed by atoms with Crippen molar-refractivity contribution in [3.63, 3.8) is 0 Å². The monoisotopic (exact) mass is 360 g/mol. The molecule has 2 aromatic carbocycles. The minimum absolute atomic E-state index is 0.403. The molecule has 0 radical (unpaired) electrons. The third-order valence-corrected chi connectivity index (χ3v) is 5.09. The van der Waals surface area contributed by atoms with Gasteiger partial charge in [0.25, 0.3) is 0 Å². The van der Waals surface area contributed by atoms with E-state index in [-0.39, 0.29) is 0 Å². The summed E-state index contributed by atoms with van der Waals surface area (Å²) in [5, 5.41) is 4.61. The minimum Gasteiger partial charge on any atom is -0.316 e. The summed E-state index contributed by atoms with van der Waals surface area (Å²) in [6.45, 7) is 0. The zero-order valence-electron chi connectivity index (χ0n) is 11.8. The van der Waals surface area contributed by atoms with Gasteiger partial charge in [-0.15, -0.1) is 11.3 Å². The van der Waals surface area contributed by atoms with Gasteiger partial charge in [0.05, 0.1) is 15.2 Å². The van der Waals surface area contributed by atoms with Crippen molar-refractivity contribution in [1.82, 2.24) is 10.3 Å². The molecule has 3 rings (SSSR count). The Balaban J connectivity index is 1.74. The van der Waals surface area contributed by atoms with E-state index in [4.69, 9.17) is 4.98 Å². The molecular weight excluding hydrogens is 344 g/mol. The third kappa shape index (κ3) is 3.70. The van der Waals surface area contributed by atoms with E-state index < -0.39 is 0 Å². The van der Waals surface area contributed by atoms with E-state index in [1.165, 1.54) is 15.3 Å². The van der Waals surface area contributed by atoms with E-state index in [1.807, 2.05) is 13.1 Å². The third-order valence-electron chi connectivity index (χ3n) is 3.54. The fourth-order valence-electron chi connectivity index (χ4n) is 2.44. The molecule has 0 spiro atoms. The van der Waals surface area contributed by atoms with Crippen molar-refractivity contribution in [3.05, 3.63) is 63.6 Å². The average Bonchev–Trinajstić information content (AvgIpc) is 2.89. The summed E-state index contributed by atoms with van der Waals surface area (Å²) in [5.41, 5.74) is 2.44. The van der Waals surface area contributed by atoms with Crippen molar-refractivity contribution < 1.29 is 0 Å². The van der Waals surface area contributed by atoms with Crippen LogP contribution in [0.15, 0.2) is 53.0 Å². The number of hydrogen-bond acceptors (Lipinski definition) is 3. The van der Waals surface area contributed by atoms with E-state index in [0.29, 0.717) is 6.04 Å². The van der Waals surface area contributed by atoms with Gasteiger partial charge in [0.2, 0.25) is 0 Å². The smallest absolute Gasteiger partial charge is 0.0954 e. The highest BCUT2D eigenvalue weighted by molar-refractivity contribution is 9.10. The van der Waals surface area contributed by atoms with Crippen LogP contribution in [0.1, 0.15) is 10.6 Å². The van der Waals surface area contributed by atoms with E-state index in [9.17, 15) is 0 Å². The van der Waals surface area contributed by atoms with Crippen LogP contribution in [0, 0.1) is 0 Å². The molecule has 0 amide bonds. The number of thiazole rings is 1. The molecule has 1 atom stereocenters. The fraction of sp³-hybridized carbons (Fsp3) is 0.235. The summed E-state index contributed by atoms with van der Waals surface area (Å²) >= 11 is 5.33. The lowest BCUT2D eigenvalue weighted by molar-refractivity contribution is 0.555. The summed E-state index contributed by atoms with van der Waals surface area (Å²) in [6.07, 6.45) is 1.97. The average molecular weight is 361 g/mol. The largest absolute Gasteiger partial charge is 0.316 e. The molecule has 0 bridgehead atoms. The number of benzene rings is 2. The van der Waals surface area contributed by atoms with Crippen molar-refractivity contribution in [2.24, 2.45) is 0 Å². The van der Waals surface area contributed by atoms with Gasteiger partial charge >= 0.3 is 0 Å². The lowest BCUT2D eigenvalue weighted by Gasteiger charge is -2.15. The molecule has 4 heteroatoms. The van der Waals surface area contributed by atoms with Crippen LogP contribution in [0.5, 0.6) is 0 Å². The predicted molar refractivity (Wildman–Crippen MR) is 94.0 cm³/mol. The lowest BCUT2D eigenvalue weighted by Crippen LogP contribution is -2.29. The Hall–Kier alpha value is -1.23. The van der Waals surface area contributed by atoms with Gasteiger partial charge in [0.1, 0.15) is 0 Å². The maximum atomic E-state index is 4.73. The van der Waals surface area contributed by atoms with Gasteiger partial charge in [0.15, 0.2) is 0 Å². The van der Waals surface area contributed by atoms with Crippen LogP contribution in [-0.2, 0) is 12.8 Å². The summed E-state index contributed by atoms with van der Waals surface area (Å²) in [5.74, 6) is 0. The quantitative estimate of drug-likeness (QED) is 0.727. The Morgan fingerprint density at radius 1 is 1.14 bits per heavy atom. The molecule has 1 unspecified atom stereocenters. The van der Waals surface area contributed by atoms with E-state index in [2.05, 4.69) is 63.7 Å². The fourth-order valence-corrected chi connectivity index (χ4v) is 3.94. The number of aromatic nitrogens is 1. The van der Waals surface area contributed by atoms with E-state index in [1.54, 1.807) is 11.3 Å². The predicted octanol–water partition coefficient (Wildman–Crippen LogP) is 4.43. The van der Waals surface area contributed by atoms with Crippen LogP contribution in [0.25, 0.3) is 10.2 Å². The van der Waals surface area contributed by atoms with Gasteiger partial charge < -0.3 is 5.32 Å². The number of fused-ring (bicyclic) bond motifs is 1. The number of likely N-dealkylation sites (N-methyl/N-ethyl adjacent to an activating group) is 1. The number of halogens is 1. The molecule has 3 aromatic rings. The standard InChI is InChI=1S/C17H17BrN2S/c1-19-14(10-12-5-4-6-13(18)9-12)11-17-20-15-7-2-3-8-16(15)21-17/h2-9,14,19H,10-11H2,1H3. The molecular formula is C17H17BrN2S. The first-order valence-corrected chi connectivity index (χ1v) is 8.61. The maximum absolute atomic E-state index is 4.73. The summed E-state index contributed by atoms with van der Waals surface area (Å²) < 4.78 is 2.40. The van der Waals surface area contributed by atoms with Crippen molar-refractivity contribution in [1.29, 1.82) is 0 Å². The zero-order valence-corrected chi connectivity index (χ0v) is 14.2. The topological polar surface area (TPSA) is 24.9 Å². The minimum atomic E-state index is 0.403. The van der Waals surface area contributed by atoms with Crippen LogP contribution in [0.3, 0.4) is 0 Å². The molecule has 0 aliphatic carbocycles. The second-order valence-corrected chi connectivity index (χ2v) is 7.13. The highest BCUT2D eigenvalue weighted by atomic mass is 79.9. The van der Waals surface area contributed by atoms with Crippen molar-refractivity contribution >= 4 is 37.5 Å². The number of para-hydroxylation sites is 1. The number of nitrogens with zero attached hydrogens (tertiary/aromatic N) is 1. The molecule has 0 aliphatic heterocycles. The van der Waals surface area contributed by atoms with Crippen LogP contribution in [0.2, 0.25) is 0 Å². The van der Waals surface area contributed by atoms with Crippen molar-refractivity contribution in [2.45, 2.75) is 18.9 Å². The van der Waals surface area contributed by atoms with Gasteiger partial charge in [-0.05, 0) is 43.3 Å². The first kappa shape index (κ1) is 14.7. The Bertz CT molecular complexity index is 705. The van der Waals surface area contributed by atoms with Crippen LogP contribution in [-0.4, -0.2) is 18.1 Å². The summed E-state index contributed by atoms with van der Waals surface area (Å²) in [4.78, 5) is 4.73. The number of hydrogen-bond donors (Lipinski definition) is 1. The number of nitrogens with one attached hydrogen (secondary N) is 1. The molecule has 0 fully saturated rings. The van der Waals surface area contributed by atoms with Gasteiger partial charge in [-0.2, -0.15) is 0 Å². The van der Waals surface area contributed by atoms with Gasteiger partial charge in [-0.1, -0.05) is 40.2 Å².